The summed E-state index contributed by atoms with van der Waals surface area (Å²) in [5.41, 5.74) is -0.345. The third kappa shape index (κ3) is 0.533. The molecule has 3 aliphatic rings. The first-order valence-electron chi connectivity index (χ1n) is 4.49. The van der Waals surface area contributed by atoms with Gasteiger partial charge in [-0.15, -0.1) is 0 Å². The molecule has 2 unspecified atom stereocenters. The summed E-state index contributed by atoms with van der Waals surface area (Å²) >= 11 is 0. The first-order valence-corrected chi connectivity index (χ1v) is 4.49. The fourth-order valence-electron chi connectivity index (χ4n) is 2.76. The van der Waals surface area contributed by atoms with Crippen molar-refractivity contribution in [2.24, 2.45) is 5.92 Å². The van der Waals surface area contributed by atoms with Crippen molar-refractivity contribution in [3.63, 3.8) is 0 Å². The van der Waals surface area contributed by atoms with E-state index in [-0.39, 0.29) is 5.72 Å². The lowest BCUT2D eigenvalue weighted by molar-refractivity contribution is 0.0367. The van der Waals surface area contributed by atoms with Gasteiger partial charge in [-0.1, -0.05) is 12.2 Å². The fraction of sp³-hybridized carbons (Fsp3) is 0.778. The Bertz CT molecular complexity index is 265. The van der Waals surface area contributed by atoms with Crippen LogP contribution in [-0.4, -0.2) is 35.1 Å². The van der Waals surface area contributed by atoms with E-state index in [2.05, 4.69) is 11.0 Å². The van der Waals surface area contributed by atoms with Crippen molar-refractivity contribution < 1.29 is 9.84 Å². The summed E-state index contributed by atoms with van der Waals surface area (Å²) in [5.74, 6) is -0.459. The number of aliphatic hydroxyl groups is 1. The SMILES string of the molecule is CN1CCC2C=CCC3(O)O[C@]213. The summed E-state index contributed by atoms with van der Waals surface area (Å²) in [5, 5.41) is 9.96. The van der Waals surface area contributed by atoms with E-state index in [4.69, 9.17) is 4.74 Å². The molecule has 0 radical (unpaired) electrons. The van der Waals surface area contributed by atoms with Crippen LogP contribution in [0.5, 0.6) is 0 Å². The van der Waals surface area contributed by atoms with E-state index in [0.717, 1.165) is 13.0 Å². The van der Waals surface area contributed by atoms with Crippen molar-refractivity contribution >= 4 is 0 Å². The van der Waals surface area contributed by atoms with Gasteiger partial charge in [0.1, 0.15) is 0 Å². The molecule has 1 N–H and O–H groups in total. The number of likely N-dealkylation sites (tertiary alicyclic amines) is 1. The number of epoxide rings is 1. The van der Waals surface area contributed by atoms with Gasteiger partial charge in [-0.2, -0.15) is 0 Å². The van der Waals surface area contributed by atoms with E-state index in [1.165, 1.54) is 0 Å². The summed E-state index contributed by atoms with van der Waals surface area (Å²) in [4.78, 5) is 2.14. The Hall–Kier alpha value is -0.380. The second-order valence-corrected chi connectivity index (χ2v) is 4.03. The molecule has 1 spiro atoms. The van der Waals surface area contributed by atoms with Gasteiger partial charge in [0, 0.05) is 18.9 Å². The van der Waals surface area contributed by atoms with E-state index >= 15 is 0 Å². The molecule has 0 aromatic heterocycles. The van der Waals surface area contributed by atoms with Crippen LogP contribution in [0.25, 0.3) is 0 Å². The number of hydrogen-bond donors (Lipinski definition) is 1. The lowest BCUT2D eigenvalue weighted by Crippen LogP contribution is -2.41. The third-order valence-electron chi connectivity index (χ3n) is 3.45. The molecule has 3 rings (SSSR count). The van der Waals surface area contributed by atoms with Crippen LogP contribution in [0.3, 0.4) is 0 Å². The van der Waals surface area contributed by atoms with E-state index < -0.39 is 5.79 Å². The molecule has 2 aliphatic heterocycles. The lowest BCUT2D eigenvalue weighted by atomic mass is 9.89. The average Bonchev–Trinajstić information content (AvgIpc) is 2.58. The Labute approximate surface area is 71.6 Å². The van der Waals surface area contributed by atoms with Gasteiger partial charge in [0.25, 0.3) is 0 Å². The Morgan fingerprint density at radius 3 is 3.25 bits per heavy atom. The fourth-order valence-corrected chi connectivity index (χ4v) is 2.76. The maximum atomic E-state index is 9.96. The molecule has 0 bridgehead atoms. The van der Waals surface area contributed by atoms with Crippen molar-refractivity contribution in [3.8, 4) is 0 Å². The third-order valence-corrected chi connectivity index (χ3v) is 3.45. The van der Waals surface area contributed by atoms with Crippen molar-refractivity contribution in [2.45, 2.75) is 24.4 Å². The zero-order valence-electron chi connectivity index (χ0n) is 7.16. The standard InChI is InChI=1S/C9H13NO2/c1-10-6-4-7-3-2-5-8(11)9(7,10)12-8/h2-3,7,11H,4-6H2,1H3/t7?,8?,9-/m0/s1. The summed E-state index contributed by atoms with van der Waals surface area (Å²) < 4.78 is 5.51. The van der Waals surface area contributed by atoms with Crippen LogP contribution in [0, 0.1) is 5.92 Å². The summed E-state index contributed by atoms with van der Waals surface area (Å²) in [6, 6.07) is 0. The second kappa shape index (κ2) is 1.76. The maximum Gasteiger partial charge on any atom is 0.215 e. The normalized spacial score (nSPS) is 56.7. The average molecular weight is 167 g/mol. The molecular formula is C9H13NO2. The van der Waals surface area contributed by atoms with Crippen LogP contribution < -0.4 is 0 Å². The van der Waals surface area contributed by atoms with Gasteiger partial charge in [0.05, 0.1) is 0 Å². The molecule has 3 heteroatoms. The Morgan fingerprint density at radius 1 is 1.67 bits per heavy atom. The molecule has 0 aromatic rings. The molecule has 2 heterocycles. The number of likely N-dealkylation sites (N-methyl/N-ethyl adjacent to an activating group) is 1. The minimum absolute atomic E-state index is 0.345. The van der Waals surface area contributed by atoms with Gasteiger partial charge in [0.15, 0.2) is 5.72 Å². The maximum absolute atomic E-state index is 9.96. The smallest absolute Gasteiger partial charge is 0.215 e. The second-order valence-electron chi connectivity index (χ2n) is 4.03. The van der Waals surface area contributed by atoms with Crippen LogP contribution in [0.4, 0.5) is 0 Å². The molecule has 2 fully saturated rings. The van der Waals surface area contributed by atoms with Gasteiger partial charge in [-0.05, 0) is 13.5 Å². The lowest BCUT2D eigenvalue weighted by Gasteiger charge is -2.24. The van der Waals surface area contributed by atoms with E-state index in [0.29, 0.717) is 12.3 Å². The molecular weight excluding hydrogens is 154 g/mol. The largest absolute Gasteiger partial charge is 0.362 e. The first-order chi connectivity index (χ1) is 5.69. The van der Waals surface area contributed by atoms with Crippen molar-refractivity contribution in [1.29, 1.82) is 0 Å². The first kappa shape index (κ1) is 7.06. The number of nitrogens with zero attached hydrogens (tertiary/aromatic N) is 1. The van der Waals surface area contributed by atoms with Gasteiger partial charge in [0.2, 0.25) is 5.79 Å². The van der Waals surface area contributed by atoms with Crippen molar-refractivity contribution in [2.75, 3.05) is 13.6 Å². The van der Waals surface area contributed by atoms with Crippen molar-refractivity contribution in [3.05, 3.63) is 12.2 Å². The molecule has 0 saturated carbocycles. The zero-order chi connectivity index (χ0) is 8.40. The molecule has 66 valence electrons. The Balaban J connectivity index is 2.06. The molecule has 0 amide bonds. The zero-order valence-corrected chi connectivity index (χ0v) is 7.16. The number of hydrogen-bond acceptors (Lipinski definition) is 3. The van der Waals surface area contributed by atoms with E-state index in [1.807, 2.05) is 13.1 Å². The van der Waals surface area contributed by atoms with Crippen LogP contribution in [0.1, 0.15) is 12.8 Å². The highest BCUT2D eigenvalue weighted by molar-refractivity contribution is 5.24. The molecule has 0 aromatic carbocycles. The Kier molecular flexibility index (Phi) is 1.04. The molecule has 2 saturated heterocycles. The van der Waals surface area contributed by atoms with Gasteiger partial charge in [-0.3, -0.25) is 4.90 Å². The highest BCUT2D eigenvalue weighted by atomic mass is 16.8. The molecule has 3 nitrogen and oxygen atoms in total. The van der Waals surface area contributed by atoms with Crippen molar-refractivity contribution in [1.82, 2.24) is 4.90 Å². The van der Waals surface area contributed by atoms with Gasteiger partial charge < -0.3 is 9.84 Å². The molecule has 12 heavy (non-hydrogen) atoms. The predicted molar refractivity (Wildman–Crippen MR) is 43.3 cm³/mol. The van der Waals surface area contributed by atoms with Gasteiger partial charge in [-0.25, -0.2) is 0 Å². The molecule has 1 aliphatic carbocycles. The minimum Gasteiger partial charge on any atom is -0.362 e. The quantitative estimate of drug-likeness (QED) is 0.417. The van der Waals surface area contributed by atoms with Crippen LogP contribution in [0.2, 0.25) is 0 Å². The summed E-state index contributed by atoms with van der Waals surface area (Å²) in [7, 11) is 2.02. The number of ether oxygens (including phenoxy) is 1. The Morgan fingerprint density at radius 2 is 2.50 bits per heavy atom. The monoisotopic (exact) mass is 167 g/mol. The predicted octanol–water partition coefficient (Wildman–Crippen LogP) is 0.313. The summed E-state index contributed by atoms with van der Waals surface area (Å²) in [6.07, 6.45) is 5.98. The van der Waals surface area contributed by atoms with E-state index in [1.54, 1.807) is 0 Å². The number of rotatable bonds is 0. The van der Waals surface area contributed by atoms with Crippen LogP contribution in [-0.2, 0) is 4.74 Å². The van der Waals surface area contributed by atoms with Crippen LogP contribution in [0.15, 0.2) is 12.2 Å². The van der Waals surface area contributed by atoms with Gasteiger partial charge >= 0.3 is 0 Å². The molecule has 3 atom stereocenters. The van der Waals surface area contributed by atoms with Crippen LogP contribution >= 0.6 is 0 Å². The highest BCUT2D eigenvalue weighted by Crippen LogP contribution is 2.61. The highest BCUT2D eigenvalue weighted by Gasteiger charge is 2.77. The summed E-state index contributed by atoms with van der Waals surface area (Å²) in [6.45, 7) is 1.03. The van der Waals surface area contributed by atoms with E-state index in [9.17, 15) is 5.11 Å². The topological polar surface area (TPSA) is 36.0 Å². The minimum atomic E-state index is -0.863.